The summed E-state index contributed by atoms with van der Waals surface area (Å²) < 4.78 is 24.4. The van der Waals surface area contributed by atoms with Crippen LogP contribution in [0, 0.1) is 11.8 Å². The molecule has 1 aromatic rings. The number of hydrogen-bond acceptors (Lipinski definition) is 3. The van der Waals surface area contributed by atoms with Crippen molar-refractivity contribution in [3.8, 4) is 0 Å². The van der Waals surface area contributed by atoms with Crippen molar-refractivity contribution < 1.29 is 13.2 Å². The van der Waals surface area contributed by atoms with Crippen LogP contribution in [-0.2, 0) is 9.84 Å². The van der Waals surface area contributed by atoms with Crippen LogP contribution >= 0.6 is 0 Å². The molecule has 0 fully saturated rings. The highest BCUT2D eigenvalue weighted by Gasteiger charge is 2.19. The second-order valence-corrected chi connectivity index (χ2v) is 8.01. The van der Waals surface area contributed by atoms with E-state index < -0.39 is 9.84 Å². The minimum absolute atomic E-state index is 0.0217. The summed E-state index contributed by atoms with van der Waals surface area (Å²) in [5, 5.41) is 0. The Morgan fingerprint density at radius 3 is 2.00 bits per heavy atom. The third-order valence-corrected chi connectivity index (χ3v) is 5.58. The zero-order valence-electron chi connectivity index (χ0n) is 13.4. The fourth-order valence-corrected chi connectivity index (χ4v) is 3.80. The van der Waals surface area contributed by atoms with E-state index in [2.05, 4.69) is 0 Å². The molecule has 0 saturated heterocycles. The Hall–Kier alpha value is -1.16. The van der Waals surface area contributed by atoms with E-state index in [1.807, 2.05) is 27.7 Å². The van der Waals surface area contributed by atoms with E-state index in [1.165, 1.54) is 0 Å². The molecule has 0 bridgehead atoms. The molecule has 0 aromatic heterocycles. The predicted octanol–water partition coefficient (Wildman–Crippen LogP) is 4.13. The quantitative estimate of drug-likeness (QED) is 0.678. The van der Waals surface area contributed by atoms with Crippen LogP contribution in [0.3, 0.4) is 0 Å². The minimum atomic E-state index is -3.24. The van der Waals surface area contributed by atoms with Crippen LogP contribution in [0.1, 0.15) is 57.3 Å². The zero-order valence-corrected chi connectivity index (χ0v) is 14.2. The summed E-state index contributed by atoms with van der Waals surface area (Å²) >= 11 is 0. The molecule has 0 aliphatic rings. The number of carbonyl (C=O) groups excluding carboxylic acids is 1. The SMILES string of the molecule is CCC(CC)C(=O)c1ccc(S(=O)(=O)CCC(C)C)cc1. The average Bonchev–Trinajstić information content (AvgIpc) is 2.46. The van der Waals surface area contributed by atoms with Gasteiger partial charge in [-0.3, -0.25) is 4.79 Å². The normalized spacial score (nSPS) is 12.1. The molecular weight excluding hydrogens is 284 g/mol. The van der Waals surface area contributed by atoms with E-state index in [9.17, 15) is 13.2 Å². The number of sulfone groups is 1. The molecule has 21 heavy (non-hydrogen) atoms. The van der Waals surface area contributed by atoms with Crippen LogP contribution in [0.25, 0.3) is 0 Å². The number of benzene rings is 1. The van der Waals surface area contributed by atoms with Crippen molar-refractivity contribution in [1.29, 1.82) is 0 Å². The highest BCUT2D eigenvalue weighted by atomic mass is 32.2. The molecule has 3 nitrogen and oxygen atoms in total. The Bertz CT molecular complexity index is 552. The molecule has 0 N–H and O–H groups in total. The molecule has 1 rings (SSSR count). The minimum Gasteiger partial charge on any atom is -0.294 e. The first-order valence-corrected chi connectivity index (χ1v) is 9.34. The van der Waals surface area contributed by atoms with Gasteiger partial charge < -0.3 is 0 Å². The molecule has 0 heterocycles. The van der Waals surface area contributed by atoms with Gasteiger partial charge in [-0.2, -0.15) is 0 Å². The fraction of sp³-hybridized carbons (Fsp3) is 0.588. The van der Waals surface area contributed by atoms with Crippen molar-refractivity contribution in [2.24, 2.45) is 11.8 Å². The molecule has 0 saturated carbocycles. The Labute approximate surface area is 128 Å². The van der Waals surface area contributed by atoms with Crippen molar-refractivity contribution in [3.05, 3.63) is 29.8 Å². The number of hydrogen-bond donors (Lipinski definition) is 0. The van der Waals surface area contributed by atoms with Gasteiger partial charge in [-0.1, -0.05) is 39.8 Å². The van der Waals surface area contributed by atoms with Crippen molar-refractivity contribution in [3.63, 3.8) is 0 Å². The predicted molar refractivity (Wildman–Crippen MR) is 86.4 cm³/mol. The summed E-state index contributed by atoms with van der Waals surface area (Å²) in [6.45, 7) is 8.01. The standard InChI is InChI=1S/C17H26O3S/c1-5-14(6-2)17(18)15-7-9-16(10-8-15)21(19,20)12-11-13(3)4/h7-10,13-14H,5-6,11-12H2,1-4H3. The van der Waals surface area contributed by atoms with Crippen LogP contribution in [0.15, 0.2) is 29.2 Å². The van der Waals surface area contributed by atoms with E-state index in [0.717, 1.165) is 12.8 Å². The van der Waals surface area contributed by atoms with Crippen molar-refractivity contribution in [2.75, 3.05) is 5.75 Å². The molecule has 0 radical (unpaired) electrons. The first kappa shape index (κ1) is 17.9. The first-order chi connectivity index (χ1) is 9.81. The molecular formula is C17H26O3S. The van der Waals surface area contributed by atoms with Gasteiger partial charge in [-0.25, -0.2) is 8.42 Å². The fourth-order valence-electron chi connectivity index (χ4n) is 2.23. The van der Waals surface area contributed by atoms with Gasteiger partial charge in [-0.05, 0) is 37.3 Å². The smallest absolute Gasteiger partial charge is 0.178 e. The number of Topliss-reactive ketones (excluding diaryl/α,β-unsaturated/α-hetero) is 1. The number of rotatable bonds is 8. The maximum absolute atomic E-state index is 12.2. The van der Waals surface area contributed by atoms with Gasteiger partial charge in [0.05, 0.1) is 10.6 Å². The van der Waals surface area contributed by atoms with E-state index >= 15 is 0 Å². The Balaban J connectivity index is 2.89. The second-order valence-electron chi connectivity index (χ2n) is 5.90. The van der Waals surface area contributed by atoms with Gasteiger partial charge in [0.15, 0.2) is 15.6 Å². The van der Waals surface area contributed by atoms with E-state index in [1.54, 1.807) is 24.3 Å². The van der Waals surface area contributed by atoms with Gasteiger partial charge in [-0.15, -0.1) is 0 Å². The summed E-state index contributed by atoms with van der Waals surface area (Å²) in [6.07, 6.45) is 2.27. The third-order valence-electron chi connectivity index (χ3n) is 3.82. The maximum Gasteiger partial charge on any atom is 0.178 e. The van der Waals surface area contributed by atoms with Crippen LogP contribution in [0.2, 0.25) is 0 Å². The highest BCUT2D eigenvalue weighted by Crippen LogP contribution is 2.19. The third kappa shape index (κ3) is 4.95. The van der Waals surface area contributed by atoms with Gasteiger partial charge in [0.25, 0.3) is 0 Å². The second kappa shape index (κ2) is 7.74. The molecule has 118 valence electrons. The molecule has 0 unspecified atom stereocenters. The molecule has 4 heteroatoms. The van der Waals surface area contributed by atoms with Crippen molar-refractivity contribution in [1.82, 2.24) is 0 Å². The average molecular weight is 310 g/mol. The van der Waals surface area contributed by atoms with Crippen LogP contribution < -0.4 is 0 Å². The molecule has 0 aliphatic carbocycles. The summed E-state index contributed by atoms with van der Waals surface area (Å²) in [5.41, 5.74) is 0.603. The Kier molecular flexibility index (Phi) is 6.59. The zero-order chi connectivity index (χ0) is 16.0. The highest BCUT2D eigenvalue weighted by molar-refractivity contribution is 7.91. The van der Waals surface area contributed by atoms with E-state index in [-0.39, 0.29) is 17.5 Å². The lowest BCUT2D eigenvalue weighted by molar-refractivity contribution is 0.0913. The van der Waals surface area contributed by atoms with E-state index in [4.69, 9.17) is 0 Å². The van der Waals surface area contributed by atoms with Gasteiger partial charge in [0.1, 0.15) is 0 Å². The largest absolute Gasteiger partial charge is 0.294 e. The summed E-state index contributed by atoms with van der Waals surface area (Å²) in [4.78, 5) is 12.5. The summed E-state index contributed by atoms with van der Waals surface area (Å²) in [7, 11) is -3.24. The van der Waals surface area contributed by atoms with Crippen LogP contribution in [-0.4, -0.2) is 20.0 Å². The Morgan fingerprint density at radius 1 is 1.05 bits per heavy atom. The van der Waals surface area contributed by atoms with Crippen molar-refractivity contribution >= 4 is 15.6 Å². The monoisotopic (exact) mass is 310 g/mol. The van der Waals surface area contributed by atoms with Crippen LogP contribution in [0.4, 0.5) is 0 Å². The summed E-state index contributed by atoms with van der Waals surface area (Å²) in [5.74, 6) is 0.639. The molecule has 0 atom stereocenters. The first-order valence-electron chi connectivity index (χ1n) is 7.68. The molecule has 0 aliphatic heterocycles. The number of ketones is 1. The lowest BCUT2D eigenvalue weighted by Gasteiger charge is -2.11. The van der Waals surface area contributed by atoms with E-state index in [0.29, 0.717) is 22.8 Å². The number of carbonyl (C=O) groups is 1. The van der Waals surface area contributed by atoms with Gasteiger partial charge in [0.2, 0.25) is 0 Å². The molecule has 0 spiro atoms. The van der Waals surface area contributed by atoms with Crippen molar-refractivity contribution in [2.45, 2.75) is 51.9 Å². The van der Waals surface area contributed by atoms with Gasteiger partial charge in [0, 0.05) is 11.5 Å². The molecule has 0 amide bonds. The topological polar surface area (TPSA) is 51.2 Å². The lowest BCUT2D eigenvalue weighted by Crippen LogP contribution is -2.14. The Morgan fingerprint density at radius 2 is 1.57 bits per heavy atom. The molecule has 1 aromatic carbocycles. The maximum atomic E-state index is 12.2. The summed E-state index contributed by atoms with van der Waals surface area (Å²) in [6, 6.07) is 6.41. The van der Waals surface area contributed by atoms with Gasteiger partial charge >= 0.3 is 0 Å². The van der Waals surface area contributed by atoms with Crippen LogP contribution in [0.5, 0.6) is 0 Å². The lowest BCUT2D eigenvalue weighted by atomic mass is 9.93.